The minimum Gasteiger partial charge on any atom is -0.766 e. The third-order valence-corrected chi connectivity index (χ3v) is 4.77. The number of nitrogens with two attached hydrogens (primary N) is 1. The average Bonchev–Trinajstić information content (AvgIpc) is 2.81. The van der Waals surface area contributed by atoms with Gasteiger partial charge in [-0.3, -0.25) is 9.13 Å². The van der Waals surface area contributed by atoms with Crippen molar-refractivity contribution in [2.24, 2.45) is 0 Å². The number of anilines is 1. The van der Waals surface area contributed by atoms with E-state index in [4.69, 9.17) is 10.5 Å². The van der Waals surface area contributed by atoms with Gasteiger partial charge in [0.25, 0.3) is 0 Å². The Bertz CT molecular complexity index is 771. The second-order valence-electron chi connectivity index (χ2n) is 5.55. The highest BCUT2D eigenvalue weighted by Crippen LogP contribution is 2.35. The van der Waals surface area contributed by atoms with Crippen LogP contribution in [0.5, 0.6) is 0 Å². The molecule has 5 N–H and O–H groups in total. The highest BCUT2D eigenvalue weighted by atomic mass is 31.2. The molecule has 1 aliphatic heterocycles. The standard InChI is InChI=1S/C12H19N4O9P/c1-5(11(19)20)15-26(22,23)24-4-6-8(17)9(18)10(25-6)16-3-2-7(13)14-12(16)21/h2-3,5-6,8-10,17-18H,4H2,1H3,(H,19,20)(H2,13,14,21)(H2,15,22,23)/p-2/t5-,6?,8?,9?,10?/m0/s1. The SMILES string of the molecule is C[C@H](NP(=O)([O-])OCC1OC(n2ccc(N)nc2=O)C(O)C1O)C(=O)[O-]. The van der Waals surface area contributed by atoms with Crippen LogP contribution in [0.3, 0.4) is 0 Å². The lowest BCUT2D eigenvalue weighted by atomic mass is 10.1. The van der Waals surface area contributed by atoms with Crippen LogP contribution in [-0.4, -0.2) is 56.7 Å². The zero-order valence-corrected chi connectivity index (χ0v) is 14.3. The maximum absolute atomic E-state index is 11.8. The molecule has 26 heavy (non-hydrogen) atoms. The lowest BCUT2D eigenvalue weighted by molar-refractivity contribution is -0.308. The van der Waals surface area contributed by atoms with Crippen LogP contribution in [0.15, 0.2) is 17.1 Å². The van der Waals surface area contributed by atoms with E-state index in [9.17, 15) is 34.4 Å². The van der Waals surface area contributed by atoms with Gasteiger partial charge in [-0.25, -0.2) is 9.88 Å². The number of carbonyl (C=O) groups is 1. The molecule has 0 spiro atoms. The van der Waals surface area contributed by atoms with Crippen LogP contribution < -0.4 is 26.5 Å². The van der Waals surface area contributed by atoms with Gasteiger partial charge in [0.1, 0.15) is 24.1 Å². The molecule has 0 aliphatic carbocycles. The van der Waals surface area contributed by atoms with Crippen LogP contribution in [0.1, 0.15) is 13.2 Å². The first kappa shape index (κ1) is 20.5. The Morgan fingerprint density at radius 1 is 1.58 bits per heavy atom. The predicted octanol–water partition coefficient (Wildman–Crippen LogP) is -4.34. The van der Waals surface area contributed by atoms with Gasteiger partial charge in [0, 0.05) is 6.20 Å². The molecule has 2 rings (SSSR count). The molecule has 13 nitrogen and oxygen atoms in total. The molecule has 146 valence electrons. The number of aliphatic carboxylic acids is 1. The van der Waals surface area contributed by atoms with E-state index in [0.717, 1.165) is 11.5 Å². The highest BCUT2D eigenvalue weighted by molar-refractivity contribution is 7.49. The molecule has 0 bridgehead atoms. The fraction of sp³-hybridized carbons (Fsp3) is 0.583. The molecule has 0 radical (unpaired) electrons. The van der Waals surface area contributed by atoms with Gasteiger partial charge in [0.15, 0.2) is 6.23 Å². The quantitative estimate of drug-likeness (QED) is 0.324. The van der Waals surface area contributed by atoms with E-state index in [0.29, 0.717) is 0 Å². The minimum absolute atomic E-state index is 0.0559. The summed E-state index contributed by atoms with van der Waals surface area (Å²) in [5.74, 6) is -1.72. The number of nitrogen functional groups attached to an aromatic ring is 1. The van der Waals surface area contributed by atoms with Crippen molar-refractivity contribution in [1.82, 2.24) is 14.6 Å². The van der Waals surface area contributed by atoms with Crippen molar-refractivity contribution in [3.63, 3.8) is 0 Å². The Hall–Kier alpha value is -1.86. The molecule has 1 saturated heterocycles. The van der Waals surface area contributed by atoms with Gasteiger partial charge >= 0.3 is 5.69 Å². The summed E-state index contributed by atoms with van der Waals surface area (Å²) in [6, 6.07) is -0.268. The van der Waals surface area contributed by atoms with Crippen molar-refractivity contribution in [2.75, 3.05) is 12.3 Å². The van der Waals surface area contributed by atoms with Crippen LogP contribution in [0.4, 0.5) is 5.82 Å². The maximum atomic E-state index is 11.8. The Balaban J connectivity index is 2.04. The van der Waals surface area contributed by atoms with Gasteiger partial charge in [-0.2, -0.15) is 4.98 Å². The van der Waals surface area contributed by atoms with Crippen LogP contribution in [-0.2, 0) is 18.6 Å². The van der Waals surface area contributed by atoms with Gasteiger partial charge < -0.3 is 40.0 Å². The van der Waals surface area contributed by atoms with E-state index in [-0.39, 0.29) is 5.82 Å². The number of nitrogens with one attached hydrogen (secondary N) is 1. The summed E-state index contributed by atoms with van der Waals surface area (Å²) in [5, 5.41) is 32.2. The summed E-state index contributed by atoms with van der Waals surface area (Å²) >= 11 is 0. The van der Waals surface area contributed by atoms with Gasteiger partial charge in [0.2, 0.25) is 7.75 Å². The number of aliphatic hydroxyl groups excluding tert-OH is 2. The Labute approximate surface area is 146 Å². The largest absolute Gasteiger partial charge is 0.766 e. The molecule has 1 fully saturated rings. The second-order valence-corrected chi connectivity index (χ2v) is 7.06. The van der Waals surface area contributed by atoms with E-state index < -0.39 is 56.6 Å². The van der Waals surface area contributed by atoms with Crippen LogP contribution >= 0.6 is 7.75 Å². The summed E-state index contributed by atoms with van der Waals surface area (Å²) in [5.41, 5.74) is 4.51. The van der Waals surface area contributed by atoms with E-state index in [1.807, 2.05) is 0 Å². The first-order chi connectivity index (χ1) is 12.0. The number of aliphatic hydroxyl groups is 2. The molecule has 14 heteroatoms. The topological polar surface area (TPSA) is 212 Å². The fourth-order valence-corrected chi connectivity index (χ4v) is 3.21. The number of aromatic nitrogens is 2. The first-order valence-electron chi connectivity index (χ1n) is 7.32. The van der Waals surface area contributed by atoms with Crippen LogP contribution in [0, 0.1) is 0 Å². The first-order valence-corrected chi connectivity index (χ1v) is 8.86. The maximum Gasteiger partial charge on any atom is 0.351 e. The third kappa shape index (κ3) is 4.65. The molecule has 0 amide bonds. The molecule has 0 saturated carbocycles. The normalized spacial score (nSPS) is 29.2. The molecule has 1 aromatic rings. The van der Waals surface area contributed by atoms with E-state index in [1.165, 1.54) is 12.3 Å². The molecular formula is C12H17N4O9P-2. The van der Waals surface area contributed by atoms with Gasteiger partial charge in [-0.1, -0.05) is 0 Å². The number of ether oxygens (including phenoxy) is 1. The summed E-state index contributed by atoms with van der Waals surface area (Å²) in [6.45, 7) is 0.296. The van der Waals surface area contributed by atoms with Gasteiger partial charge in [-0.05, 0) is 13.0 Å². The predicted molar refractivity (Wildman–Crippen MR) is 80.0 cm³/mol. The van der Waals surface area contributed by atoms with Crippen molar-refractivity contribution < 1.29 is 38.8 Å². The molecule has 2 heterocycles. The van der Waals surface area contributed by atoms with Gasteiger partial charge in [-0.15, -0.1) is 0 Å². The smallest absolute Gasteiger partial charge is 0.351 e. The number of carboxylic acids is 1. The number of carbonyl (C=O) groups excluding carboxylic acids is 1. The van der Waals surface area contributed by atoms with E-state index in [2.05, 4.69) is 9.51 Å². The molecule has 1 aromatic heterocycles. The molecule has 6 atom stereocenters. The van der Waals surface area contributed by atoms with E-state index >= 15 is 0 Å². The summed E-state index contributed by atoms with van der Waals surface area (Å²) in [7, 11) is -4.80. The average molecular weight is 392 g/mol. The van der Waals surface area contributed by atoms with Crippen molar-refractivity contribution >= 4 is 19.5 Å². The van der Waals surface area contributed by atoms with Crippen molar-refractivity contribution in [3.8, 4) is 0 Å². The number of carboxylic acid groups (broad SMARTS) is 1. The number of hydrogen-bond acceptors (Lipinski definition) is 11. The number of rotatable bonds is 7. The zero-order valence-electron chi connectivity index (χ0n) is 13.4. The van der Waals surface area contributed by atoms with Crippen molar-refractivity contribution in [1.29, 1.82) is 0 Å². The highest BCUT2D eigenvalue weighted by Gasteiger charge is 2.44. The fourth-order valence-electron chi connectivity index (χ4n) is 2.21. The molecular weight excluding hydrogens is 375 g/mol. The van der Waals surface area contributed by atoms with E-state index in [1.54, 1.807) is 5.09 Å². The third-order valence-electron chi connectivity index (χ3n) is 3.58. The van der Waals surface area contributed by atoms with Crippen LogP contribution in [0.2, 0.25) is 0 Å². The Kier molecular flexibility index (Phi) is 6.13. The molecule has 5 unspecified atom stereocenters. The Morgan fingerprint density at radius 2 is 2.23 bits per heavy atom. The van der Waals surface area contributed by atoms with Gasteiger partial charge in [0.05, 0.1) is 18.6 Å². The second kappa shape index (κ2) is 7.80. The molecule has 0 aromatic carbocycles. The van der Waals surface area contributed by atoms with Crippen molar-refractivity contribution in [2.45, 2.75) is 37.5 Å². The lowest BCUT2D eigenvalue weighted by Gasteiger charge is -2.29. The monoisotopic (exact) mass is 392 g/mol. The molecule has 1 aliphatic rings. The lowest BCUT2D eigenvalue weighted by Crippen LogP contribution is -2.44. The summed E-state index contributed by atoms with van der Waals surface area (Å²) in [4.78, 5) is 37.5. The summed E-state index contributed by atoms with van der Waals surface area (Å²) < 4.78 is 22.4. The minimum atomic E-state index is -4.80. The Morgan fingerprint density at radius 3 is 2.81 bits per heavy atom. The van der Waals surface area contributed by atoms with Crippen LogP contribution in [0.25, 0.3) is 0 Å². The summed E-state index contributed by atoms with van der Waals surface area (Å²) in [6.07, 6.45) is -4.63. The number of nitrogens with zero attached hydrogens (tertiary/aromatic N) is 2. The zero-order chi connectivity index (χ0) is 19.6. The number of hydrogen-bond donors (Lipinski definition) is 4. The van der Waals surface area contributed by atoms with Crippen molar-refractivity contribution in [3.05, 3.63) is 22.7 Å².